The van der Waals surface area contributed by atoms with E-state index >= 15 is 0 Å². The summed E-state index contributed by atoms with van der Waals surface area (Å²) in [5.74, 6) is -0.958. The average Bonchev–Trinajstić information content (AvgIpc) is 3.12. The molecule has 3 rings (SSSR count). The highest BCUT2D eigenvalue weighted by Gasteiger charge is 2.31. The number of sulfonamides is 1. The highest BCUT2D eigenvalue weighted by atomic mass is 35.5. The van der Waals surface area contributed by atoms with E-state index in [-0.39, 0.29) is 39.9 Å². The van der Waals surface area contributed by atoms with Gasteiger partial charge in [-0.1, -0.05) is 17.7 Å². The number of methoxy groups -OCH3 is 2. The number of ether oxygens (including phenoxy) is 4. The Hall–Kier alpha value is -2.98. The predicted octanol–water partition coefficient (Wildman–Crippen LogP) is 2.63. The second-order valence-corrected chi connectivity index (χ2v) is 8.26. The Morgan fingerprint density at radius 1 is 1.17 bits per heavy atom. The average molecular weight is 456 g/mol. The molecular weight excluding hydrogens is 438 g/mol. The summed E-state index contributed by atoms with van der Waals surface area (Å²) in [4.78, 5) is 23.6. The molecule has 2 aromatic carbocycles. The lowest BCUT2D eigenvalue weighted by atomic mass is 10.2. The van der Waals surface area contributed by atoms with Gasteiger partial charge < -0.3 is 18.9 Å². The quantitative estimate of drug-likeness (QED) is 0.633. The number of halogens is 1. The minimum Gasteiger partial charge on any atom is -0.495 e. The van der Waals surface area contributed by atoms with E-state index in [1.165, 1.54) is 44.6 Å². The van der Waals surface area contributed by atoms with Crippen molar-refractivity contribution >= 4 is 39.3 Å². The molecule has 11 heteroatoms. The molecule has 0 spiro atoms. The molecule has 1 fully saturated rings. The molecule has 1 saturated heterocycles. The largest absolute Gasteiger partial charge is 0.495 e. The number of nitrogens with one attached hydrogen (secondary N) is 1. The summed E-state index contributed by atoms with van der Waals surface area (Å²) in [6.45, 7) is 0.168. The van der Waals surface area contributed by atoms with Crippen molar-refractivity contribution in [2.24, 2.45) is 0 Å². The lowest BCUT2D eigenvalue weighted by molar-refractivity contribution is -0.145. The van der Waals surface area contributed by atoms with Crippen LogP contribution in [0.2, 0.25) is 5.02 Å². The molecule has 0 radical (unpaired) electrons. The van der Waals surface area contributed by atoms with Crippen molar-refractivity contribution in [3.8, 4) is 11.5 Å². The normalized spacial score (nSPS) is 16.0. The smallest absolute Gasteiger partial charge is 0.347 e. The Bertz CT molecular complexity index is 1090. The molecule has 9 nitrogen and oxygen atoms in total. The van der Waals surface area contributed by atoms with Gasteiger partial charge in [0, 0.05) is 12.5 Å². The van der Waals surface area contributed by atoms with Gasteiger partial charge in [-0.25, -0.2) is 18.0 Å². The van der Waals surface area contributed by atoms with Crippen molar-refractivity contribution in [1.82, 2.24) is 0 Å². The Morgan fingerprint density at radius 3 is 2.53 bits per heavy atom. The molecule has 1 atom stereocenters. The zero-order valence-electron chi connectivity index (χ0n) is 16.0. The number of hydrogen-bond acceptors (Lipinski definition) is 8. The van der Waals surface area contributed by atoms with Crippen LogP contribution in [0.5, 0.6) is 11.5 Å². The first kappa shape index (κ1) is 21.7. The van der Waals surface area contributed by atoms with E-state index in [9.17, 15) is 18.0 Å². The molecule has 0 unspecified atom stereocenters. The van der Waals surface area contributed by atoms with Crippen molar-refractivity contribution < 1.29 is 37.0 Å². The van der Waals surface area contributed by atoms with Crippen LogP contribution in [0.4, 0.5) is 5.69 Å². The molecule has 1 aliphatic rings. The van der Waals surface area contributed by atoms with Gasteiger partial charge in [0.1, 0.15) is 11.5 Å². The van der Waals surface area contributed by atoms with Gasteiger partial charge in [0.25, 0.3) is 10.0 Å². The van der Waals surface area contributed by atoms with Crippen molar-refractivity contribution in [3.63, 3.8) is 0 Å². The Balaban J connectivity index is 1.85. The summed E-state index contributed by atoms with van der Waals surface area (Å²) in [6.07, 6.45) is -0.746. The van der Waals surface area contributed by atoms with E-state index in [2.05, 4.69) is 4.72 Å². The molecule has 1 heterocycles. The van der Waals surface area contributed by atoms with Crippen LogP contribution in [0.3, 0.4) is 0 Å². The predicted molar refractivity (Wildman–Crippen MR) is 107 cm³/mol. The molecule has 2 aromatic rings. The lowest BCUT2D eigenvalue weighted by Gasteiger charge is -2.14. The summed E-state index contributed by atoms with van der Waals surface area (Å²) >= 11 is 6.08. The third-order valence-electron chi connectivity index (χ3n) is 4.23. The van der Waals surface area contributed by atoms with Crippen LogP contribution in [0.1, 0.15) is 16.8 Å². The molecule has 160 valence electrons. The van der Waals surface area contributed by atoms with Crippen molar-refractivity contribution in [3.05, 3.63) is 47.0 Å². The number of cyclic esters (lactones) is 1. The maximum absolute atomic E-state index is 12.8. The van der Waals surface area contributed by atoms with Crippen LogP contribution in [-0.2, 0) is 24.3 Å². The minimum atomic E-state index is -4.11. The van der Waals surface area contributed by atoms with Crippen molar-refractivity contribution in [2.45, 2.75) is 17.4 Å². The molecule has 30 heavy (non-hydrogen) atoms. The molecule has 0 amide bonds. The molecule has 1 N–H and O–H groups in total. The number of carbonyl (C=O) groups is 2. The Labute approximate surface area is 177 Å². The van der Waals surface area contributed by atoms with E-state index in [4.69, 9.17) is 30.5 Å². The van der Waals surface area contributed by atoms with Gasteiger partial charge in [-0.15, -0.1) is 0 Å². The van der Waals surface area contributed by atoms with Crippen molar-refractivity contribution in [1.29, 1.82) is 0 Å². The van der Waals surface area contributed by atoms with Crippen LogP contribution in [0.25, 0.3) is 0 Å². The molecular formula is C19H18ClNO8S. The number of esters is 2. The summed E-state index contributed by atoms with van der Waals surface area (Å²) < 4.78 is 48.2. The van der Waals surface area contributed by atoms with E-state index < -0.39 is 28.1 Å². The third kappa shape index (κ3) is 4.60. The summed E-state index contributed by atoms with van der Waals surface area (Å²) in [5.41, 5.74) is 0.0577. The van der Waals surface area contributed by atoms with Gasteiger partial charge in [-0.2, -0.15) is 0 Å². The van der Waals surface area contributed by atoms with Crippen LogP contribution >= 0.6 is 11.6 Å². The Morgan fingerprint density at radius 2 is 1.90 bits per heavy atom. The summed E-state index contributed by atoms with van der Waals surface area (Å²) in [7, 11) is -1.32. The van der Waals surface area contributed by atoms with E-state index in [1.54, 1.807) is 0 Å². The van der Waals surface area contributed by atoms with Gasteiger partial charge in [-0.3, -0.25) is 4.72 Å². The zero-order chi connectivity index (χ0) is 21.9. The SMILES string of the molecule is COc1cc(OC)c(NS(=O)(=O)c2cccc(C(=O)O[C@H]3CCOC3=O)c2)cc1Cl. The highest BCUT2D eigenvalue weighted by Crippen LogP contribution is 2.37. The second kappa shape index (κ2) is 8.80. The fourth-order valence-corrected chi connectivity index (χ4v) is 4.06. The first-order valence-corrected chi connectivity index (χ1v) is 10.5. The van der Waals surface area contributed by atoms with E-state index in [0.29, 0.717) is 5.75 Å². The number of carbonyl (C=O) groups excluding carboxylic acids is 2. The van der Waals surface area contributed by atoms with Gasteiger partial charge in [0.05, 0.1) is 42.0 Å². The number of hydrogen-bond donors (Lipinski definition) is 1. The molecule has 0 saturated carbocycles. The molecule has 1 aliphatic heterocycles. The van der Waals surface area contributed by atoms with E-state index in [0.717, 1.165) is 6.07 Å². The van der Waals surface area contributed by atoms with Gasteiger partial charge >= 0.3 is 11.9 Å². The molecule has 0 bridgehead atoms. The van der Waals surface area contributed by atoms with Crippen LogP contribution < -0.4 is 14.2 Å². The monoisotopic (exact) mass is 455 g/mol. The Kier molecular flexibility index (Phi) is 6.37. The fourth-order valence-electron chi connectivity index (χ4n) is 2.72. The highest BCUT2D eigenvalue weighted by molar-refractivity contribution is 7.92. The number of anilines is 1. The van der Waals surface area contributed by atoms with Crippen LogP contribution in [0.15, 0.2) is 41.3 Å². The first-order chi connectivity index (χ1) is 14.2. The minimum absolute atomic E-state index is 0.0303. The second-order valence-electron chi connectivity index (χ2n) is 6.17. The maximum Gasteiger partial charge on any atom is 0.347 e. The maximum atomic E-state index is 12.8. The molecule has 0 aliphatic carbocycles. The lowest BCUT2D eigenvalue weighted by Crippen LogP contribution is -2.23. The third-order valence-corrected chi connectivity index (χ3v) is 5.89. The van der Waals surface area contributed by atoms with Crippen LogP contribution in [0, 0.1) is 0 Å². The van der Waals surface area contributed by atoms with Crippen LogP contribution in [-0.4, -0.2) is 47.3 Å². The van der Waals surface area contributed by atoms with Gasteiger partial charge in [0.2, 0.25) is 6.10 Å². The van der Waals surface area contributed by atoms with Gasteiger partial charge in [0.15, 0.2) is 0 Å². The number of rotatable bonds is 7. The first-order valence-electron chi connectivity index (χ1n) is 8.67. The molecule has 0 aromatic heterocycles. The topological polar surface area (TPSA) is 117 Å². The van der Waals surface area contributed by atoms with E-state index in [1.807, 2.05) is 0 Å². The fraction of sp³-hybridized carbons (Fsp3) is 0.263. The summed E-state index contributed by atoms with van der Waals surface area (Å²) in [5, 5.41) is 0.178. The summed E-state index contributed by atoms with van der Waals surface area (Å²) in [6, 6.07) is 8.00. The van der Waals surface area contributed by atoms with Crippen molar-refractivity contribution in [2.75, 3.05) is 25.5 Å². The standard InChI is InChI=1S/C19H18ClNO8S/c1-26-16-10-17(27-2)14(9-13(16)20)21-30(24,25)12-5-3-4-11(8-12)18(22)29-15-6-7-28-19(15)23/h3-5,8-10,15,21H,6-7H2,1-2H3/t15-/m0/s1. The zero-order valence-corrected chi connectivity index (χ0v) is 17.6. The van der Waals surface area contributed by atoms with Gasteiger partial charge in [-0.05, 0) is 24.3 Å². The number of benzene rings is 2.